The Labute approximate surface area is 342 Å². The Balaban J connectivity index is 0.000000224. The molecule has 0 bridgehead atoms. The van der Waals surface area contributed by atoms with E-state index in [-0.39, 0.29) is 20.8 Å². The molecule has 4 aromatic rings. The number of benzene rings is 2. The van der Waals surface area contributed by atoms with Gasteiger partial charge in [-0.3, -0.25) is 9.97 Å². The summed E-state index contributed by atoms with van der Waals surface area (Å²) in [5, 5.41) is 5.90. The highest BCUT2D eigenvalue weighted by molar-refractivity contribution is 5.95. The Morgan fingerprint density at radius 3 is 1.46 bits per heavy atom. The molecule has 4 fully saturated rings. The number of nitrogens with two attached hydrogens (primary N) is 1. The average molecular weight is 787 g/mol. The van der Waals surface area contributed by atoms with Crippen LogP contribution in [0.15, 0.2) is 48.8 Å². The third-order valence-corrected chi connectivity index (χ3v) is 11.9. The van der Waals surface area contributed by atoms with E-state index in [1.54, 1.807) is 28.4 Å². The van der Waals surface area contributed by atoms with Crippen molar-refractivity contribution >= 4 is 39.5 Å². The van der Waals surface area contributed by atoms with E-state index in [1.807, 2.05) is 37.5 Å². The van der Waals surface area contributed by atoms with Crippen LogP contribution in [0.5, 0.6) is 23.0 Å². The van der Waals surface area contributed by atoms with Crippen LogP contribution in [0.3, 0.4) is 0 Å². The molecule has 2 aromatic carbocycles. The van der Waals surface area contributed by atoms with Gasteiger partial charge in [0, 0.05) is 90.9 Å². The summed E-state index contributed by atoms with van der Waals surface area (Å²) in [7, 11) is 6.62. The Kier molecular flexibility index (Phi) is 17.0. The summed E-state index contributed by atoms with van der Waals surface area (Å²) in [5.74, 6) is 5.09. The summed E-state index contributed by atoms with van der Waals surface area (Å²) in [6, 6.07) is 13.5. The summed E-state index contributed by atoms with van der Waals surface area (Å²) in [6.07, 6.45) is 14.7. The third kappa shape index (κ3) is 11.6. The Hall–Kier alpha value is -4.35. The van der Waals surface area contributed by atoms with Gasteiger partial charge in [-0.2, -0.15) is 0 Å². The molecule has 2 atom stereocenters. The second-order valence-electron chi connectivity index (χ2n) is 15.8. The number of carbonyl (C=O) groups is 1. The summed E-state index contributed by atoms with van der Waals surface area (Å²) in [6.45, 7) is 9.72. The van der Waals surface area contributed by atoms with Crippen LogP contribution in [0, 0.1) is 23.7 Å². The number of carbonyl (C=O) groups excluding carboxylic acids is 1. The molecule has 11 nitrogen and oxygen atoms in total. The molecule has 4 heterocycles. The van der Waals surface area contributed by atoms with Gasteiger partial charge < -0.3 is 44.6 Å². The molecule has 3 N–H and O–H groups in total. The maximum atomic E-state index is 11.0. The van der Waals surface area contributed by atoms with Crippen molar-refractivity contribution in [3.63, 3.8) is 0 Å². The fourth-order valence-electron chi connectivity index (χ4n) is 7.86. The van der Waals surface area contributed by atoms with E-state index < -0.39 is 0 Å². The van der Waals surface area contributed by atoms with Crippen molar-refractivity contribution in [3.05, 3.63) is 48.8 Å². The summed E-state index contributed by atoms with van der Waals surface area (Å²) in [4.78, 5) is 24.9. The Morgan fingerprint density at radius 2 is 1.09 bits per heavy atom. The van der Waals surface area contributed by atoms with Gasteiger partial charge in [-0.25, -0.2) is 0 Å². The molecule has 0 spiro atoms. The fourth-order valence-corrected chi connectivity index (χ4v) is 7.86. The van der Waals surface area contributed by atoms with Gasteiger partial charge in [-0.05, 0) is 99.9 Å². The van der Waals surface area contributed by atoms with Crippen molar-refractivity contribution in [1.82, 2.24) is 15.3 Å². The summed E-state index contributed by atoms with van der Waals surface area (Å²) >= 11 is 0. The Bertz CT molecular complexity index is 1850. The second-order valence-corrected chi connectivity index (χ2v) is 15.8. The third-order valence-electron chi connectivity index (χ3n) is 11.9. The number of methoxy groups -OCH3 is 4. The Morgan fingerprint density at radius 1 is 0.684 bits per heavy atom. The topological polar surface area (TPSA) is 124 Å². The molecule has 2 aliphatic carbocycles. The van der Waals surface area contributed by atoms with E-state index in [1.165, 1.54) is 50.8 Å². The molecule has 4 aliphatic rings. The molecule has 11 heteroatoms. The number of hydrogen-bond donors (Lipinski definition) is 2. The van der Waals surface area contributed by atoms with Crippen molar-refractivity contribution in [2.24, 2.45) is 29.4 Å². The van der Waals surface area contributed by atoms with Gasteiger partial charge in [0.1, 0.15) is 6.29 Å². The number of nitrogens with one attached hydrogen (secondary N) is 1. The maximum absolute atomic E-state index is 11.0. The number of aldehydes is 1. The normalized spacial score (nSPS) is 18.1. The van der Waals surface area contributed by atoms with Gasteiger partial charge in [0.25, 0.3) is 0 Å². The molecule has 8 rings (SSSR count). The lowest BCUT2D eigenvalue weighted by Gasteiger charge is -2.36. The van der Waals surface area contributed by atoms with Crippen molar-refractivity contribution in [2.75, 3.05) is 71.0 Å². The number of hydrogen-bond acceptors (Lipinski definition) is 11. The molecule has 2 unspecified atom stereocenters. The first kappa shape index (κ1) is 45.4. The van der Waals surface area contributed by atoms with Crippen LogP contribution in [0.25, 0.3) is 21.8 Å². The van der Waals surface area contributed by atoms with Crippen LogP contribution in [0.1, 0.15) is 80.1 Å². The number of aromatic nitrogens is 2. The molecule has 2 aliphatic heterocycles. The smallest absolute Gasteiger partial charge is 0.162 e. The number of piperidine rings is 2. The number of anilines is 2. The van der Waals surface area contributed by atoms with Crippen molar-refractivity contribution < 1.29 is 23.7 Å². The highest BCUT2D eigenvalue weighted by atomic mass is 16.5. The first-order valence-corrected chi connectivity index (χ1v) is 20.2. The second kappa shape index (κ2) is 21.4. The van der Waals surface area contributed by atoms with Crippen molar-refractivity contribution in [3.8, 4) is 23.0 Å². The molecule has 0 amide bonds. The first-order valence-electron chi connectivity index (χ1n) is 20.2. The summed E-state index contributed by atoms with van der Waals surface area (Å²) < 4.78 is 21.7. The monoisotopic (exact) mass is 787 g/mol. The van der Waals surface area contributed by atoms with Gasteiger partial charge in [0.05, 0.1) is 39.5 Å². The molecule has 2 saturated carbocycles. The predicted octanol–water partition coefficient (Wildman–Crippen LogP) is 8.54. The van der Waals surface area contributed by atoms with Crippen LogP contribution in [0.2, 0.25) is 0 Å². The van der Waals surface area contributed by atoms with E-state index >= 15 is 0 Å². The average Bonchev–Trinajstić information content (AvgIpc) is 4.20. The number of rotatable bonds is 12. The highest BCUT2D eigenvalue weighted by Crippen LogP contribution is 2.39. The highest BCUT2D eigenvalue weighted by Gasteiger charge is 2.28. The molecule has 2 saturated heterocycles. The number of ether oxygens (including phenoxy) is 4. The zero-order valence-corrected chi connectivity index (χ0v) is 33.8. The first-order chi connectivity index (χ1) is 26.8. The minimum atomic E-state index is 0. The van der Waals surface area contributed by atoms with Crippen molar-refractivity contribution in [2.45, 2.75) is 92.2 Å². The summed E-state index contributed by atoms with van der Waals surface area (Å²) in [5.41, 5.74) is 9.49. The lowest BCUT2D eigenvalue weighted by molar-refractivity contribution is -0.112. The zero-order valence-electron chi connectivity index (χ0n) is 33.8. The predicted molar refractivity (Wildman–Crippen MR) is 236 cm³/mol. The van der Waals surface area contributed by atoms with Gasteiger partial charge in [0.2, 0.25) is 0 Å². The van der Waals surface area contributed by atoms with Crippen LogP contribution in [0.4, 0.5) is 11.4 Å². The van der Waals surface area contributed by atoms with Crippen LogP contribution < -0.4 is 39.8 Å². The largest absolute Gasteiger partial charge is 0.493 e. The van der Waals surface area contributed by atoms with Crippen LogP contribution in [-0.2, 0) is 4.79 Å². The standard InChI is InChI=1S/C22H31N3O2.C19H24N2O3.C3H7N.2CH4/c1-15(14-24-17-4-5-17)16-7-10-25(11-8-16)20-6-9-23-19-13-22(27-3)21(26-2)12-18(19)20;1-13(12-22)14-5-8-21(9-6-14)17-4-7-20-16-11-19(24-3)18(23-2)10-15(16)17;4-3-1-2-3;;/h6,9,12-13,15-17,24H,4-5,7-8,10-11,14H2,1-3H3;4,7,10-14H,5-6,8-9H2,1-3H3;3H,1-2,4H2;2*1H4. The maximum Gasteiger partial charge on any atom is 0.162 e. The zero-order chi connectivity index (χ0) is 38.9. The molecular formula is C46H70N6O5. The van der Waals surface area contributed by atoms with Gasteiger partial charge >= 0.3 is 0 Å². The minimum absolute atomic E-state index is 0. The number of pyridine rings is 2. The van der Waals surface area contributed by atoms with E-state index in [9.17, 15) is 4.79 Å². The van der Waals surface area contributed by atoms with Crippen molar-refractivity contribution in [1.29, 1.82) is 0 Å². The van der Waals surface area contributed by atoms with Crippen LogP contribution in [-0.4, -0.2) is 89.5 Å². The van der Waals surface area contributed by atoms with E-state index in [4.69, 9.17) is 24.7 Å². The lowest BCUT2D eigenvalue weighted by Crippen LogP contribution is -2.38. The SMILES string of the molecule is C.C.COc1cc2nccc(N3CCC(C(C)C=O)CC3)c2cc1OC.COc1cc2nccc(N3CCC(C(C)CNC4CC4)CC3)c2cc1OC.NC1CC1. The van der Waals surface area contributed by atoms with Gasteiger partial charge in [0.15, 0.2) is 23.0 Å². The van der Waals surface area contributed by atoms with Gasteiger partial charge in [-0.15, -0.1) is 0 Å². The number of nitrogens with zero attached hydrogens (tertiary/aromatic N) is 4. The van der Waals surface area contributed by atoms with E-state index in [2.05, 4.69) is 50.2 Å². The molecule has 57 heavy (non-hydrogen) atoms. The molecule has 314 valence electrons. The van der Waals surface area contributed by atoms with E-state index in [0.717, 1.165) is 102 Å². The molecular weight excluding hydrogens is 717 g/mol. The quantitative estimate of drug-likeness (QED) is 0.134. The van der Waals surface area contributed by atoms with Crippen LogP contribution >= 0.6 is 0 Å². The minimum Gasteiger partial charge on any atom is -0.493 e. The number of fused-ring (bicyclic) bond motifs is 2. The molecule has 2 aromatic heterocycles. The lowest BCUT2D eigenvalue weighted by atomic mass is 9.85. The molecule has 0 radical (unpaired) electrons. The van der Waals surface area contributed by atoms with Gasteiger partial charge in [-0.1, -0.05) is 28.7 Å². The fraction of sp³-hybridized carbons (Fsp3) is 0.587. The van der Waals surface area contributed by atoms with E-state index in [0.29, 0.717) is 23.5 Å².